The van der Waals surface area contributed by atoms with Crippen LogP contribution in [0.5, 0.6) is 5.75 Å². The largest absolute Gasteiger partial charge is 0.496 e. The summed E-state index contributed by atoms with van der Waals surface area (Å²) >= 11 is 0. The number of likely N-dealkylation sites (N-methyl/N-ethyl adjacent to an activating group) is 1. The summed E-state index contributed by atoms with van der Waals surface area (Å²) in [5.74, 6) is 0.497. The van der Waals surface area contributed by atoms with Gasteiger partial charge in [-0.15, -0.1) is 0 Å². The number of ether oxygens (including phenoxy) is 1. The Hall–Kier alpha value is -1.59. The third-order valence-electron chi connectivity index (χ3n) is 2.94. The zero-order valence-electron chi connectivity index (χ0n) is 10.9. The van der Waals surface area contributed by atoms with Gasteiger partial charge in [-0.1, -0.05) is 18.2 Å². The first-order valence-electron chi connectivity index (χ1n) is 5.89. The number of nitrogens with zero attached hydrogens (tertiary/aromatic N) is 1. The van der Waals surface area contributed by atoms with Crippen LogP contribution in [-0.4, -0.2) is 37.6 Å². The average Bonchev–Trinajstić information content (AvgIpc) is 2.36. The van der Waals surface area contributed by atoms with E-state index >= 15 is 0 Å². The Labute approximate surface area is 108 Å². The molecule has 0 aliphatic carbocycles. The van der Waals surface area contributed by atoms with Gasteiger partial charge in [0.05, 0.1) is 7.11 Å². The van der Waals surface area contributed by atoms with Gasteiger partial charge in [-0.3, -0.25) is 9.69 Å². The van der Waals surface area contributed by atoms with Crippen LogP contribution >= 0.6 is 0 Å². The second kappa shape index (κ2) is 6.98. The molecule has 0 saturated carbocycles. The molecule has 0 radical (unpaired) electrons. The van der Waals surface area contributed by atoms with Crippen LogP contribution in [0.15, 0.2) is 24.3 Å². The van der Waals surface area contributed by atoms with Crippen molar-refractivity contribution in [1.29, 1.82) is 0 Å². The normalized spacial score (nSPS) is 12.4. The minimum atomic E-state index is -0.336. The van der Waals surface area contributed by atoms with Crippen LogP contribution in [0, 0.1) is 0 Å². The molecule has 0 bridgehead atoms. The number of amides is 1. The van der Waals surface area contributed by atoms with Crippen molar-refractivity contribution in [2.45, 2.75) is 19.0 Å². The summed E-state index contributed by atoms with van der Waals surface area (Å²) in [5.41, 5.74) is 11.9. The predicted octanol–water partition coefficient (Wildman–Crippen LogP) is 0.330. The highest BCUT2D eigenvalue weighted by Crippen LogP contribution is 2.19. The number of rotatable bonds is 7. The van der Waals surface area contributed by atoms with Crippen molar-refractivity contribution < 1.29 is 9.53 Å². The molecule has 1 aromatic rings. The van der Waals surface area contributed by atoms with E-state index in [4.69, 9.17) is 16.2 Å². The SMILES string of the molecule is COc1ccccc1CN(C)C(CN)CC(N)=O. The molecule has 4 N–H and O–H groups in total. The van der Waals surface area contributed by atoms with Gasteiger partial charge in [-0.2, -0.15) is 0 Å². The van der Waals surface area contributed by atoms with Crippen LogP contribution < -0.4 is 16.2 Å². The van der Waals surface area contributed by atoms with Crippen molar-refractivity contribution in [3.63, 3.8) is 0 Å². The molecule has 1 amide bonds. The van der Waals surface area contributed by atoms with E-state index in [1.807, 2.05) is 36.2 Å². The summed E-state index contributed by atoms with van der Waals surface area (Å²) < 4.78 is 5.29. The molecule has 0 aliphatic heterocycles. The van der Waals surface area contributed by atoms with Gasteiger partial charge in [0.2, 0.25) is 5.91 Å². The molecule has 100 valence electrons. The van der Waals surface area contributed by atoms with E-state index in [2.05, 4.69) is 0 Å². The number of para-hydroxylation sites is 1. The second-order valence-electron chi connectivity index (χ2n) is 4.29. The van der Waals surface area contributed by atoms with Gasteiger partial charge in [0, 0.05) is 31.1 Å². The first-order valence-corrected chi connectivity index (χ1v) is 5.89. The molecule has 1 aromatic carbocycles. The van der Waals surface area contributed by atoms with Crippen molar-refractivity contribution in [3.05, 3.63) is 29.8 Å². The molecular formula is C13H21N3O2. The number of nitrogens with two attached hydrogens (primary N) is 2. The highest BCUT2D eigenvalue weighted by Gasteiger charge is 2.17. The van der Waals surface area contributed by atoms with E-state index in [9.17, 15) is 4.79 Å². The maximum absolute atomic E-state index is 11.0. The minimum Gasteiger partial charge on any atom is -0.496 e. The van der Waals surface area contributed by atoms with Crippen molar-refractivity contribution in [2.75, 3.05) is 20.7 Å². The maximum atomic E-state index is 11.0. The fraction of sp³-hybridized carbons (Fsp3) is 0.462. The summed E-state index contributed by atoms with van der Waals surface area (Å²) in [6, 6.07) is 7.73. The minimum absolute atomic E-state index is 0.0487. The fourth-order valence-corrected chi connectivity index (χ4v) is 1.88. The average molecular weight is 251 g/mol. The standard InChI is InChI=1S/C13H21N3O2/c1-16(11(8-14)7-13(15)17)9-10-5-3-4-6-12(10)18-2/h3-6,11H,7-9,14H2,1-2H3,(H2,15,17). The molecule has 0 heterocycles. The van der Waals surface area contributed by atoms with Crippen molar-refractivity contribution >= 4 is 5.91 Å². The van der Waals surface area contributed by atoms with Gasteiger partial charge in [0.15, 0.2) is 0 Å². The molecule has 5 heteroatoms. The third-order valence-corrected chi connectivity index (χ3v) is 2.94. The molecule has 0 saturated heterocycles. The summed E-state index contributed by atoms with van der Waals surface area (Å²) in [4.78, 5) is 13.0. The lowest BCUT2D eigenvalue weighted by atomic mass is 10.1. The number of hydrogen-bond acceptors (Lipinski definition) is 4. The van der Waals surface area contributed by atoms with Crippen molar-refractivity contribution in [1.82, 2.24) is 4.90 Å². The lowest BCUT2D eigenvalue weighted by Crippen LogP contribution is -2.40. The van der Waals surface area contributed by atoms with Crippen LogP contribution in [0.4, 0.5) is 0 Å². The Morgan fingerprint density at radius 3 is 2.67 bits per heavy atom. The molecule has 0 spiro atoms. The lowest BCUT2D eigenvalue weighted by molar-refractivity contribution is -0.119. The predicted molar refractivity (Wildman–Crippen MR) is 71.1 cm³/mol. The van der Waals surface area contributed by atoms with E-state index < -0.39 is 0 Å². The summed E-state index contributed by atoms with van der Waals surface area (Å²) in [6.07, 6.45) is 0.266. The Kier molecular flexibility index (Phi) is 5.61. The zero-order chi connectivity index (χ0) is 13.5. The van der Waals surface area contributed by atoms with Crippen molar-refractivity contribution in [3.8, 4) is 5.75 Å². The Bertz CT molecular complexity index is 396. The highest BCUT2D eigenvalue weighted by molar-refractivity contribution is 5.74. The molecule has 1 rings (SSSR count). The molecule has 0 aliphatic rings. The number of hydrogen-bond donors (Lipinski definition) is 2. The van der Waals surface area contributed by atoms with Gasteiger partial charge in [-0.05, 0) is 13.1 Å². The van der Waals surface area contributed by atoms with E-state index in [1.165, 1.54) is 0 Å². The monoisotopic (exact) mass is 251 g/mol. The molecular weight excluding hydrogens is 230 g/mol. The first kappa shape index (κ1) is 14.5. The zero-order valence-corrected chi connectivity index (χ0v) is 10.9. The van der Waals surface area contributed by atoms with Gasteiger partial charge < -0.3 is 16.2 Å². The number of benzene rings is 1. The molecule has 1 atom stereocenters. The summed E-state index contributed by atoms with van der Waals surface area (Å²) in [6.45, 7) is 1.06. The van der Waals surface area contributed by atoms with Crippen LogP contribution in [0.3, 0.4) is 0 Å². The van der Waals surface area contributed by atoms with Gasteiger partial charge >= 0.3 is 0 Å². The Morgan fingerprint density at radius 2 is 2.11 bits per heavy atom. The molecule has 18 heavy (non-hydrogen) atoms. The van der Waals surface area contributed by atoms with Gasteiger partial charge in [0.1, 0.15) is 5.75 Å². The van der Waals surface area contributed by atoms with Crippen molar-refractivity contribution in [2.24, 2.45) is 11.5 Å². The maximum Gasteiger partial charge on any atom is 0.219 e. The Balaban J connectivity index is 2.72. The smallest absolute Gasteiger partial charge is 0.219 e. The van der Waals surface area contributed by atoms with Crippen LogP contribution in [0.25, 0.3) is 0 Å². The molecule has 1 unspecified atom stereocenters. The van der Waals surface area contributed by atoms with E-state index in [0.29, 0.717) is 13.1 Å². The van der Waals surface area contributed by atoms with Crippen LogP contribution in [-0.2, 0) is 11.3 Å². The second-order valence-corrected chi connectivity index (χ2v) is 4.29. The number of primary amides is 1. The van der Waals surface area contributed by atoms with Gasteiger partial charge in [-0.25, -0.2) is 0 Å². The third kappa shape index (κ3) is 4.01. The molecule has 0 aromatic heterocycles. The van der Waals surface area contributed by atoms with Crippen LogP contribution in [0.2, 0.25) is 0 Å². The number of carbonyl (C=O) groups is 1. The number of methoxy groups -OCH3 is 1. The fourth-order valence-electron chi connectivity index (χ4n) is 1.88. The van der Waals surface area contributed by atoms with E-state index in [0.717, 1.165) is 11.3 Å². The van der Waals surface area contributed by atoms with E-state index in [1.54, 1.807) is 7.11 Å². The first-order chi connectivity index (χ1) is 8.58. The molecule has 0 fully saturated rings. The van der Waals surface area contributed by atoms with E-state index in [-0.39, 0.29) is 18.4 Å². The van der Waals surface area contributed by atoms with Crippen LogP contribution in [0.1, 0.15) is 12.0 Å². The highest BCUT2D eigenvalue weighted by atomic mass is 16.5. The Morgan fingerprint density at radius 1 is 1.44 bits per heavy atom. The summed E-state index contributed by atoms with van der Waals surface area (Å²) in [7, 11) is 3.57. The lowest BCUT2D eigenvalue weighted by Gasteiger charge is -2.26. The summed E-state index contributed by atoms with van der Waals surface area (Å²) in [5, 5.41) is 0. The van der Waals surface area contributed by atoms with Gasteiger partial charge in [0.25, 0.3) is 0 Å². The topological polar surface area (TPSA) is 81.6 Å². The molecule has 5 nitrogen and oxygen atoms in total. The number of carbonyl (C=O) groups excluding carboxylic acids is 1. The quantitative estimate of drug-likeness (QED) is 0.731.